The highest BCUT2D eigenvalue weighted by Crippen LogP contribution is 2.26. The molecule has 5 heteroatoms. The van der Waals surface area contributed by atoms with Gasteiger partial charge in [0.1, 0.15) is 0 Å². The van der Waals surface area contributed by atoms with Crippen molar-refractivity contribution in [3.8, 4) is 0 Å². The Morgan fingerprint density at radius 3 is 2.88 bits per heavy atom. The van der Waals surface area contributed by atoms with Crippen molar-refractivity contribution in [3.63, 3.8) is 0 Å². The SMILES string of the molecule is C1=CC(c2ccnnc2C2CCNCC2)=N[N]1. The molecule has 0 amide bonds. The molecule has 0 bridgehead atoms. The van der Waals surface area contributed by atoms with Gasteiger partial charge >= 0.3 is 0 Å². The average molecular weight is 228 g/mol. The number of hydrogen-bond donors (Lipinski definition) is 1. The molecule has 1 aromatic rings. The fourth-order valence-electron chi connectivity index (χ4n) is 2.33. The molecule has 2 aliphatic heterocycles. The molecule has 17 heavy (non-hydrogen) atoms. The van der Waals surface area contributed by atoms with E-state index in [4.69, 9.17) is 0 Å². The van der Waals surface area contributed by atoms with Crippen LogP contribution in [-0.4, -0.2) is 29.0 Å². The number of allylic oxidation sites excluding steroid dienone is 1. The lowest BCUT2D eigenvalue weighted by Gasteiger charge is -2.23. The third kappa shape index (κ3) is 2.06. The molecule has 3 heterocycles. The van der Waals surface area contributed by atoms with E-state index in [9.17, 15) is 0 Å². The van der Waals surface area contributed by atoms with Crippen molar-refractivity contribution in [1.29, 1.82) is 0 Å². The van der Waals surface area contributed by atoms with E-state index >= 15 is 0 Å². The highest BCUT2D eigenvalue weighted by atomic mass is 15.3. The predicted molar refractivity (Wildman–Crippen MR) is 64.7 cm³/mol. The second-order valence-corrected chi connectivity index (χ2v) is 4.27. The van der Waals surface area contributed by atoms with Gasteiger partial charge in [0.2, 0.25) is 0 Å². The Hall–Kier alpha value is -1.75. The zero-order chi connectivity index (χ0) is 11.5. The Labute approximate surface area is 100 Å². The Morgan fingerprint density at radius 1 is 1.24 bits per heavy atom. The third-order valence-electron chi connectivity index (χ3n) is 3.22. The molecule has 1 N–H and O–H groups in total. The lowest BCUT2D eigenvalue weighted by molar-refractivity contribution is 0.450. The summed E-state index contributed by atoms with van der Waals surface area (Å²) in [5, 5.41) is 15.8. The molecular weight excluding hydrogens is 214 g/mol. The van der Waals surface area contributed by atoms with Crippen LogP contribution in [0.2, 0.25) is 0 Å². The van der Waals surface area contributed by atoms with Gasteiger partial charge in [0.15, 0.2) is 0 Å². The predicted octanol–water partition coefficient (Wildman–Crippen LogP) is 0.779. The molecular formula is C12H14N5. The van der Waals surface area contributed by atoms with Crippen molar-refractivity contribution in [2.75, 3.05) is 13.1 Å². The minimum absolute atomic E-state index is 0.483. The molecule has 0 aromatic carbocycles. The van der Waals surface area contributed by atoms with Gasteiger partial charge < -0.3 is 5.32 Å². The van der Waals surface area contributed by atoms with Crippen molar-refractivity contribution in [1.82, 2.24) is 20.9 Å². The van der Waals surface area contributed by atoms with Gasteiger partial charge in [0.05, 0.1) is 23.8 Å². The second-order valence-electron chi connectivity index (χ2n) is 4.27. The molecule has 3 rings (SSSR count). The van der Waals surface area contributed by atoms with Crippen molar-refractivity contribution >= 4 is 5.71 Å². The maximum atomic E-state index is 4.31. The van der Waals surface area contributed by atoms with Gasteiger partial charge in [-0.1, -0.05) is 0 Å². The van der Waals surface area contributed by atoms with Crippen molar-refractivity contribution in [2.24, 2.45) is 5.10 Å². The van der Waals surface area contributed by atoms with E-state index in [-0.39, 0.29) is 0 Å². The maximum absolute atomic E-state index is 4.31. The normalized spacial score (nSPS) is 20.1. The van der Waals surface area contributed by atoms with E-state index in [1.165, 1.54) is 0 Å². The molecule has 0 aliphatic carbocycles. The number of hydrogen-bond acceptors (Lipinski definition) is 4. The van der Waals surface area contributed by atoms with Crippen molar-refractivity contribution in [3.05, 3.63) is 35.8 Å². The fourth-order valence-corrected chi connectivity index (χ4v) is 2.33. The first kappa shape index (κ1) is 10.4. The molecule has 0 saturated carbocycles. The van der Waals surface area contributed by atoms with Crippen LogP contribution in [0.1, 0.15) is 30.0 Å². The first-order valence-electron chi connectivity index (χ1n) is 5.92. The Bertz CT molecular complexity index is 460. The highest BCUT2D eigenvalue weighted by Gasteiger charge is 2.22. The summed E-state index contributed by atoms with van der Waals surface area (Å²) < 4.78 is 0. The minimum atomic E-state index is 0.483. The standard InChI is InChI=1S/C12H14N5/c1-5-13-6-2-9(1)12-10(3-7-15-17-12)11-4-8-14-16-11/h3-4,7-9,13H,1-2,5-6H2. The zero-order valence-corrected chi connectivity index (χ0v) is 9.50. The lowest BCUT2D eigenvalue weighted by atomic mass is 9.90. The van der Waals surface area contributed by atoms with Gasteiger partial charge in [0, 0.05) is 11.5 Å². The van der Waals surface area contributed by atoms with E-state index in [0.29, 0.717) is 5.92 Å². The summed E-state index contributed by atoms with van der Waals surface area (Å²) in [6.07, 6.45) is 7.57. The van der Waals surface area contributed by atoms with E-state index in [2.05, 4.69) is 26.0 Å². The summed E-state index contributed by atoms with van der Waals surface area (Å²) in [6, 6.07) is 1.98. The van der Waals surface area contributed by atoms with E-state index < -0.39 is 0 Å². The molecule has 0 spiro atoms. The number of nitrogens with zero attached hydrogens (tertiary/aromatic N) is 4. The Morgan fingerprint density at radius 2 is 2.12 bits per heavy atom. The largest absolute Gasteiger partial charge is 0.317 e. The minimum Gasteiger partial charge on any atom is -0.317 e. The topological polar surface area (TPSA) is 64.3 Å². The summed E-state index contributed by atoms with van der Waals surface area (Å²) in [6.45, 7) is 2.10. The van der Waals surface area contributed by atoms with Crippen LogP contribution in [0.5, 0.6) is 0 Å². The van der Waals surface area contributed by atoms with Crippen LogP contribution in [0, 0.1) is 0 Å². The molecule has 1 aromatic heterocycles. The quantitative estimate of drug-likeness (QED) is 0.813. The van der Waals surface area contributed by atoms with Gasteiger partial charge in [-0.15, -0.1) is 0 Å². The third-order valence-corrected chi connectivity index (χ3v) is 3.22. The average Bonchev–Trinajstić information content (AvgIpc) is 2.94. The number of rotatable bonds is 2. The smallest absolute Gasteiger partial charge is 0.0964 e. The van der Waals surface area contributed by atoms with Gasteiger partial charge in [-0.05, 0) is 38.1 Å². The summed E-state index contributed by atoms with van der Waals surface area (Å²) in [4.78, 5) is 0. The number of nitrogens with one attached hydrogen (secondary N) is 1. The lowest BCUT2D eigenvalue weighted by Crippen LogP contribution is -2.28. The molecule has 1 fully saturated rings. The maximum Gasteiger partial charge on any atom is 0.0964 e. The van der Waals surface area contributed by atoms with E-state index in [0.717, 1.165) is 42.9 Å². The van der Waals surface area contributed by atoms with Crippen LogP contribution < -0.4 is 10.7 Å². The monoisotopic (exact) mass is 228 g/mol. The summed E-state index contributed by atoms with van der Waals surface area (Å²) in [5.41, 5.74) is 6.91. The molecule has 5 nitrogen and oxygen atoms in total. The fraction of sp³-hybridized carbons (Fsp3) is 0.417. The summed E-state index contributed by atoms with van der Waals surface area (Å²) >= 11 is 0. The molecule has 1 radical (unpaired) electrons. The van der Waals surface area contributed by atoms with Crippen LogP contribution in [0.15, 0.2) is 29.6 Å². The first-order valence-corrected chi connectivity index (χ1v) is 5.92. The number of aromatic nitrogens is 2. The van der Waals surface area contributed by atoms with Crippen LogP contribution >= 0.6 is 0 Å². The van der Waals surface area contributed by atoms with Crippen LogP contribution in [0.4, 0.5) is 0 Å². The molecule has 0 atom stereocenters. The molecule has 0 unspecified atom stereocenters. The van der Waals surface area contributed by atoms with E-state index in [1.807, 2.05) is 12.1 Å². The van der Waals surface area contributed by atoms with Crippen LogP contribution in [0.25, 0.3) is 0 Å². The highest BCUT2D eigenvalue weighted by molar-refractivity contribution is 6.10. The van der Waals surface area contributed by atoms with Crippen LogP contribution in [0.3, 0.4) is 0 Å². The van der Waals surface area contributed by atoms with Crippen molar-refractivity contribution in [2.45, 2.75) is 18.8 Å². The van der Waals surface area contributed by atoms with E-state index in [1.54, 1.807) is 12.4 Å². The molecule has 1 saturated heterocycles. The summed E-state index contributed by atoms with van der Waals surface area (Å²) in [7, 11) is 0. The number of piperidine rings is 1. The Kier molecular flexibility index (Phi) is 2.83. The molecule has 2 aliphatic rings. The Balaban J connectivity index is 1.95. The van der Waals surface area contributed by atoms with Crippen LogP contribution in [-0.2, 0) is 0 Å². The summed E-state index contributed by atoms with van der Waals surface area (Å²) in [5.74, 6) is 0.483. The zero-order valence-electron chi connectivity index (χ0n) is 9.50. The van der Waals surface area contributed by atoms with Gasteiger partial charge in [-0.2, -0.15) is 20.7 Å². The first-order chi connectivity index (χ1) is 8.45. The molecule has 87 valence electrons. The van der Waals surface area contributed by atoms with Crippen molar-refractivity contribution < 1.29 is 0 Å². The van der Waals surface area contributed by atoms with Gasteiger partial charge in [-0.3, -0.25) is 0 Å². The van der Waals surface area contributed by atoms with Gasteiger partial charge in [0.25, 0.3) is 0 Å². The van der Waals surface area contributed by atoms with Gasteiger partial charge in [-0.25, -0.2) is 0 Å². The second kappa shape index (κ2) is 4.63.